The lowest BCUT2D eigenvalue weighted by Crippen LogP contribution is -2.27. The van der Waals surface area contributed by atoms with Gasteiger partial charge in [0.2, 0.25) is 0 Å². The average molecular weight is 573 g/mol. The summed E-state index contributed by atoms with van der Waals surface area (Å²) in [5, 5.41) is 9.53. The number of aromatic nitrogens is 1. The average Bonchev–Trinajstić information content (AvgIpc) is 3.37. The third-order valence-corrected chi connectivity index (χ3v) is 7.01. The van der Waals surface area contributed by atoms with Crippen LogP contribution in [0.25, 0.3) is 0 Å². The lowest BCUT2D eigenvalue weighted by atomic mass is 10.1. The highest BCUT2D eigenvalue weighted by molar-refractivity contribution is 7.09. The highest BCUT2D eigenvalue weighted by Gasteiger charge is 2.05. The van der Waals surface area contributed by atoms with Gasteiger partial charge in [-0.3, -0.25) is 9.59 Å². The summed E-state index contributed by atoms with van der Waals surface area (Å²) in [6, 6.07) is 23.4. The Morgan fingerprint density at radius 1 is 0.902 bits per heavy atom. The number of rotatable bonds is 10. The molecule has 0 spiro atoms. The van der Waals surface area contributed by atoms with E-state index in [1.54, 1.807) is 35.6 Å². The van der Waals surface area contributed by atoms with E-state index in [-0.39, 0.29) is 5.91 Å². The van der Waals surface area contributed by atoms with Crippen LogP contribution in [0.15, 0.2) is 78.2 Å². The lowest BCUT2D eigenvalue weighted by molar-refractivity contribution is 0.0953. The maximum Gasteiger partial charge on any atom is 0.251 e. The lowest BCUT2D eigenvalue weighted by Gasteiger charge is -2.08. The Hall–Kier alpha value is -3.65. The second-order valence-electron chi connectivity index (χ2n) is 10.2. The molecule has 0 unspecified atom stereocenters. The number of benzene rings is 3. The first-order chi connectivity index (χ1) is 19.7. The van der Waals surface area contributed by atoms with Gasteiger partial charge in [-0.2, -0.15) is 0 Å². The van der Waals surface area contributed by atoms with Crippen molar-refractivity contribution in [2.24, 2.45) is 0 Å². The fraction of sp³-hybridized carbons (Fsp3) is 0.324. The number of nitrogens with one attached hydrogen (secondary N) is 2. The first-order valence-electron chi connectivity index (χ1n) is 13.9. The van der Waals surface area contributed by atoms with Crippen molar-refractivity contribution in [3.63, 3.8) is 0 Å². The van der Waals surface area contributed by atoms with Crippen molar-refractivity contribution < 1.29 is 9.59 Å². The molecule has 218 valence electrons. The van der Waals surface area contributed by atoms with E-state index >= 15 is 0 Å². The van der Waals surface area contributed by atoms with Crippen LogP contribution in [0.3, 0.4) is 0 Å². The molecule has 0 aliphatic carbocycles. The number of carbonyl (C=O) groups is 2. The van der Waals surface area contributed by atoms with Gasteiger partial charge in [0.1, 0.15) is 11.3 Å². The second kappa shape index (κ2) is 18.7. The van der Waals surface area contributed by atoms with E-state index in [4.69, 9.17) is 0 Å². The zero-order valence-corrected chi connectivity index (χ0v) is 26.1. The highest BCUT2D eigenvalue weighted by atomic mass is 32.1. The molecular weight excluding hydrogens is 528 g/mol. The van der Waals surface area contributed by atoms with E-state index in [1.165, 1.54) is 27.3 Å². The summed E-state index contributed by atoms with van der Waals surface area (Å²) in [6.07, 6.45) is 1.59. The predicted octanol–water partition coefficient (Wildman–Crippen LogP) is 6.53. The molecular formula is C34H44N4O2S. The summed E-state index contributed by atoms with van der Waals surface area (Å²) in [7, 11) is 4.10. The number of hydrogen-bond donors (Lipinski definition) is 2. The minimum Gasteiger partial charge on any atom is -0.352 e. The SMILES string of the molecule is Cc1ccc(CNCCCNC(=O)c2cccc(C=O)c2)cc1C.Cc1ccccc1.Cc1csc(CN(C)C)n1. The summed E-state index contributed by atoms with van der Waals surface area (Å²) in [5.74, 6) is -0.146. The van der Waals surface area contributed by atoms with Gasteiger partial charge >= 0.3 is 0 Å². The molecule has 2 N–H and O–H groups in total. The summed E-state index contributed by atoms with van der Waals surface area (Å²) in [6.45, 7) is 11.6. The molecule has 0 radical (unpaired) electrons. The zero-order chi connectivity index (χ0) is 30.0. The smallest absolute Gasteiger partial charge is 0.251 e. The molecule has 1 amide bonds. The molecule has 0 saturated heterocycles. The fourth-order valence-corrected chi connectivity index (χ4v) is 4.59. The topological polar surface area (TPSA) is 74.3 Å². The van der Waals surface area contributed by atoms with Crippen molar-refractivity contribution in [3.05, 3.63) is 122 Å². The first-order valence-corrected chi connectivity index (χ1v) is 14.7. The van der Waals surface area contributed by atoms with Crippen molar-refractivity contribution in [2.45, 2.75) is 47.2 Å². The Morgan fingerprint density at radius 3 is 2.24 bits per heavy atom. The van der Waals surface area contributed by atoms with Gasteiger partial charge in [0.05, 0.1) is 0 Å². The molecule has 0 saturated carbocycles. The highest BCUT2D eigenvalue weighted by Crippen LogP contribution is 2.10. The number of nitrogens with zero attached hydrogens (tertiary/aromatic N) is 2. The van der Waals surface area contributed by atoms with E-state index in [1.807, 2.05) is 25.1 Å². The Balaban J connectivity index is 0.000000280. The van der Waals surface area contributed by atoms with Crippen LogP contribution < -0.4 is 10.6 Å². The largest absolute Gasteiger partial charge is 0.352 e. The molecule has 41 heavy (non-hydrogen) atoms. The van der Waals surface area contributed by atoms with Gasteiger partial charge in [0, 0.05) is 41.8 Å². The number of aryl methyl sites for hydroxylation is 4. The molecule has 7 heteroatoms. The molecule has 0 aliphatic heterocycles. The quantitative estimate of drug-likeness (QED) is 0.167. The summed E-state index contributed by atoms with van der Waals surface area (Å²) >= 11 is 1.73. The van der Waals surface area contributed by atoms with Gasteiger partial charge in [0.25, 0.3) is 5.91 Å². The van der Waals surface area contributed by atoms with Crippen LogP contribution in [0.2, 0.25) is 0 Å². The third-order valence-electron chi connectivity index (χ3n) is 6.06. The van der Waals surface area contributed by atoms with Crippen LogP contribution in [0.5, 0.6) is 0 Å². The molecule has 0 aliphatic rings. The summed E-state index contributed by atoms with van der Waals surface area (Å²) < 4.78 is 0. The Bertz CT molecular complexity index is 1340. The monoisotopic (exact) mass is 572 g/mol. The van der Waals surface area contributed by atoms with Crippen LogP contribution in [0, 0.1) is 27.7 Å². The van der Waals surface area contributed by atoms with E-state index < -0.39 is 0 Å². The van der Waals surface area contributed by atoms with Crippen molar-refractivity contribution >= 4 is 23.5 Å². The molecule has 1 heterocycles. The predicted molar refractivity (Wildman–Crippen MR) is 172 cm³/mol. The van der Waals surface area contributed by atoms with Gasteiger partial charge in [-0.1, -0.05) is 66.2 Å². The number of thiazole rings is 1. The molecule has 0 fully saturated rings. The first kappa shape index (κ1) is 33.6. The summed E-state index contributed by atoms with van der Waals surface area (Å²) in [5.41, 5.74) is 7.36. The van der Waals surface area contributed by atoms with E-state index in [0.717, 1.165) is 38.0 Å². The zero-order valence-electron chi connectivity index (χ0n) is 25.2. The standard InChI is InChI=1S/C20H24N2O2.C7H12N2S.C7H8/c1-15-7-8-17(11-16(15)2)13-21-9-4-10-22-20(24)19-6-3-5-18(12-19)14-23;1-6-5-10-7(8-6)4-9(2)3;1-7-5-3-2-4-6-7/h3,5-8,11-12,14,21H,4,9-10,13H2,1-2H3,(H,22,24);5H,4H2,1-3H3;2-6H,1H3. The van der Waals surface area contributed by atoms with Crippen molar-refractivity contribution in [1.29, 1.82) is 0 Å². The number of hydrogen-bond acceptors (Lipinski definition) is 6. The maximum atomic E-state index is 12.0. The Morgan fingerprint density at radius 2 is 1.66 bits per heavy atom. The molecule has 6 nitrogen and oxygen atoms in total. The fourth-order valence-electron chi connectivity index (χ4n) is 3.70. The van der Waals surface area contributed by atoms with Crippen LogP contribution >= 0.6 is 11.3 Å². The molecule has 3 aromatic carbocycles. The molecule has 4 aromatic rings. The van der Waals surface area contributed by atoms with Crippen LogP contribution in [-0.2, 0) is 13.1 Å². The number of amides is 1. The molecule has 1 aromatic heterocycles. The molecule has 0 bridgehead atoms. The number of aldehydes is 1. The second-order valence-corrected chi connectivity index (χ2v) is 11.2. The van der Waals surface area contributed by atoms with Gasteiger partial charge in [-0.15, -0.1) is 11.3 Å². The van der Waals surface area contributed by atoms with Crippen LogP contribution in [0.4, 0.5) is 0 Å². The van der Waals surface area contributed by atoms with Crippen LogP contribution in [-0.4, -0.2) is 49.3 Å². The van der Waals surface area contributed by atoms with E-state index in [0.29, 0.717) is 17.7 Å². The minimum absolute atomic E-state index is 0.146. The van der Waals surface area contributed by atoms with Gasteiger partial charge in [-0.25, -0.2) is 4.98 Å². The van der Waals surface area contributed by atoms with Crippen molar-refractivity contribution in [1.82, 2.24) is 20.5 Å². The van der Waals surface area contributed by atoms with E-state index in [2.05, 4.69) is 91.1 Å². The summed E-state index contributed by atoms with van der Waals surface area (Å²) in [4.78, 5) is 29.2. The normalized spacial score (nSPS) is 10.2. The van der Waals surface area contributed by atoms with Crippen molar-refractivity contribution in [2.75, 3.05) is 27.2 Å². The molecule has 0 atom stereocenters. The maximum absolute atomic E-state index is 12.0. The van der Waals surface area contributed by atoms with Crippen LogP contribution in [0.1, 0.15) is 60.1 Å². The van der Waals surface area contributed by atoms with Gasteiger partial charge in [0.15, 0.2) is 0 Å². The van der Waals surface area contributed by atoms with Crippen molar-refractivity contribution in [3.8, 4) is 0 Å². The molecule has 4 rings (SSSR count). The number of carbonyl (C=O) groups excluding carboxylic acids is 2. The van der Waals surface area contributed by atoms with E-state index in [9.17, 15) is 9.59 Å². The third kappa shape index (κ3) is 14.0. The van der Waals surface area contributed by atoms with Gasteiger partial charge < -0.3 is 15.5 Å². The Labute approximate surface area is 249 Å². The Kier molecular flexibility index (Phi) is 15.3. The minimum atomic E-state index is -0.146. The van der Waals surface area contributed by atoms with Gasteiger partial charge in [-0.05, 0) is 83.6 Å².